The third kappa shape index (κ3) is 6.31. The van der Waals surface area contributed by atoms with Crippen LogP contribution in [0, 0.1) is 0 Å². The van der Waals surface area contributed by atoms with Crippen LogP contribution in [0.2, 0.25) is 5.02 Å². The lowest BCUT2D eigenvalue weighted by Crippen LogP contribution is -2.42. The molecule has 34 heavy (non-hydrogen) atoms. The van der Waals surface area contributed by atoms with E-state index in [0.717, 1.165) is 42.5 Å². The Balaban J connectivity index is 0.000000406. The SMILES string of the molecule is COc1cc(Cl)cc2[nH]c(C(=O)N3CCC(Nc4ccncc4)CC3)cc12.O=C(O)C(F)(F)F. The first-order valence-corrected chi connectivity index (χ1v) is 10.6. The Morgan fingerprint density at radius 3 is 2.38 bits per heavy atom. The number of halogens is 4. The van der Waals surface area contributed by atoms with E-state index in [2.05, 4.69) is 15.3 Å². The van der Waals surface area contributed by atoms with Crippen molar-refractivity contribution in [1.82, 2.24) is 14.9 Å². The summed E-state index contributed by atoms with van der Waals surface area (Å²) in [4.78, 5) is 30.9. The van der Waals surface area contributed by atoms with Gasteiger partial charge >= 0.3 is 12.1 Å². The maximum Gasteiger partial charge on any atom is 0.490 e. The van der Waals surface area contributed by atoms with E-state index in [-0.39, 0.29) is 5.91 Å². The molecular formula is C22H22ClF3N4O4. The van der Waals surface area contributed by atoms with Gasteiger partial charge < -0.3 is 25.0 Å². The number of rotatable bonds is 4. The molecule has 3 N–H and O–H groups in total. The number of hydrogen-bond donors (Lipinski definition) is 3. The Labute approximate surface area is 197 Å². The number of carbonyl (C=O) groups excluding carboxylic acids is 1. The minimum Gasteiger partial charge on any atom is -0.496 e. The van der Waals surface area contributed by atoms with E-state index in [1.807, 2.05) is 23.1 Å². The zero-order valence-electron chi connectivity index (χ0n) is 18.0. The summed E-state index contributed by atoms with van der Waals surface area (Å²) in [6.45, 7) is 1.43. The fraction of sp³-hybridized carbons (Fsp3) is 0.318. The molecule has 0 atom stereocenters. The van der Waals surface area contributed by atoms with Gasteiger partial charge in [0.15, 0.2) is 0 Å². The third-order valence-electron chi connectivity index (χ3n) is 5.19. The molecule has 182 valence electrons. The molecule has 1 saturated heterocycles. The summed E-state index contributed by atoms with van der Waals surface area (Å²) in [6.07, 6.45) is 0.279. The molecule has 0 radical (unpaired) electrons. The largest absolute Gasteiger partial charge is 0.496 e. The average molecular weight is 499 g/mol. The lowest BCUT2D eigenvalue weighted by atomic mass is 10.0. The van der Waals surface area contributed by atoms with Crippen molar-refractivity contribution in [3.05, 3.63) is 53.4 Å². The number of fused-ring (bicyclic) bond motifs is 1. The molecule has 3 aromatic rings. The highest BCUT2D eigenvalue weighted by Crippen LogP contribution is 2.31. The van der Waals surface area contributed by atoms with E-state index in [1.54, 1.807) is 31.6 Å². The van der Waals surface area contributed by atoms with E-state index in [0.29, 0.717) is 22.5 Å². The zero-order chi connectivity index (χ0) is 24.9. The molecule has 3 heterocycles. The second-order valence-electron chi connectivity index (χ2n) is 7.50. The van der Waals surface area contributed by atoms with Crippen molar-refractivity contribution < 1.29 is 32.6 Å². The number of carboxylic acid groups (broad SMARTS) is 1. The van der Waals surface area contributed by atoms with Crippen LogP contribution in [0.25, 0.3) is 10.9 Å². The number of pyridine rings is 1. The van der Waals surface area contributed by atoms with Gasteiger partial charge in [0.25, 0.3) is 5.91 Å². The van der Waals surface area contributed by atoms with Gasteiger partial charge in [0.1, 0.15) is 11.4 Å². The minimum atomic E-state index is -5.08. The van der Waals surface area contributed by atoms with Gasteiger partial charge in [-0.3, -0.25) is 9.78 Å². The number of hydrogen-bond acceptors (Lipinski definition) is 5. The number of methoxy groups -OCH3 is 1. The Morgan fingerprint density at radius 1 is 1.21 bits per heavy atom. The van der Waals surface area contributed by atoms with Gasteiger partial charge in [-0.2, -0.15) is 13.2 Å². The first kappa shape index (κ1) is 25.2. The maximum atomic E-state index is 12.9. The van der Waals surface area contributed by atoms with Crippen molar-refractivity contribution in [3.63, 3.8) is 0 Å². The Hall–Kier alpha value is -3.47. The summed E-state index contributed by atoms with van der Waals surface area (Å²) >= 11 is 6.12. The van der Waals surface area contributed by atoms with E-state index < -0.39 is 12.1 Å². The number of benzene rings is 1. The maximum absolute atomic E-state index is 12.9. The molecule has 0 saturated carbocycles. The number of carbonyl (C=O) groups is 2. The first-order valence-electron chi connectivity index (χ1n) is 10.2. The number of anilines is 1. The zero-order valence-corrected chi connectivity index (χ0v) is 18.8. The highest BCUT2D eigenvalue weighted by atomic mass is 35.5. The number of aliphatic carboxylic acids is 1. The van der Waals surface area contributed by atoms with Crippen LogP contribution in [0.5, 0.6) is 5.75 Å². The number of nitrogens with zero attached hydrogens (tertiary/aromatic N) is 2. The molecule has 0 aliphatic carbocycles. The normalized spacial score (nSPS) is 14.3. The Kier molecular flexibility index (Phi) is 7.87. The number of aromatic amines is 1. The predicted molar refractivity (Wildman–Crippen MR) is 120 cm³/mol. The summed E-state index contributed by atoms with van der Waals surface area (Å²) in [7, 11) is 1.60. The molecule has 1 aromatic carbocycles. The number of carboxylic acids is 1. The average Bonchev–Trinajstić information content (AvgIpc) is 3.23. The molecule has 1 aliphatic rings. The summed E-state index contributed by atoms with van der Waals surface area (Å²) in [5.74, 6) is -2.09. The third-order valence-corrected chi connectivity index (χ3v) is 5.41. The van der Waals surface area contributed by atoms with Crippen LogP contribution in [0.15, 0.2) is 42.7 Å². The molecule has 0 unspecified atom stereocenters. The molecule has 0 bridgehead atoms. The number of nitrogens with one attached hydrogen (secondary N) is 2. The molecule has 4 rings (SSSR count). The highest BCUT2D eigenvalue weighted by molar-refractivity contribution is 6.31. The van der Waals surface area contributed by atoms with E-state index >= 15 is 0 Å². The molecule has 1 aliphatic heterocycles. The van der Waals surface area contributed by atoms with Crippen LogP contribution in [0.3, 0.4) is 0 Å². The molecular weight excluding hydrogens is 477 g/mol. The highest BCUT2D eigenvalue weighted by Gasteiger charge is 2.38. The number of piperidine rings is 1. The first-order chi connectivity index (χ1) is 16.1. The summed E-state index contributed by atoms with van der Waals surface area (Å²) < 4.78 is 37.1. The molecule has 1 amide bonds. The topological polar surface area (TPSA) is 108 Å². The fourth-order valence-corrected chi connectivity index (χ4v) is 3.74. The monoisotopic (exact) mass is 498 g/mol. The van der Waals surface area contributed by atoms with Gasteiger partial charge in [0.05, 0.1) is 12.6 Å². The molecule has 8 nitrogen and oxygen atoms in total. The van der Waals surface area contributed by atoms with Gasteiger partial charge in [-0.1, -0.05) is 11.6 Å². The van der Waals surface area contributed by atoms with Gasteiger partial charge in [-0.15, -0.1) is 0 Å². The summed E-state index contributed by atoms with van der Waals surface area (Å²) in [5, 5.41) is 12.1. The van der Waals surface area contributed by atoms with Crippen LogP contribution >= 0.6 is 11.6 Å². The predicted octanol–water partition coefficient (Wildman–Crippen LogP) is 4.57. The lowest BCUT2D eigenvalue weighted by molar-refractivity contribution is -0.192. The van der Waals surface area contributed by atoms with E-state index in [4.69, 9.17) is 26.2 Å². The van der Waals surface area contributed by atoms with Crippen molar-refractivity contribution in [3.8, 4) is 5.75 Å². The minimum absolute atomic E-state index is 0.00624. The number of ether oxygens (including phenoxy) is 1. The van der Waals surface area contributed by atoms with Crippen LogP contribution in [0.1, 0.15) is 23.3 Å². The number of H-pyrrole nitrogens is 1. The van der Waals surface area contributed by atoms with Gasteiger partial charge in [0.2, 0.25) is 0 Å². The number of likely N-dealkylation sites (tertiary alicyclic amines) is 1. The Morgan fingerprint density at radius 2 is 1.82 bits per heavy atom. The van der Waals surface area contributed by atoms with E-state index in [9.17, 15) is 18.0 Å². The van der Waals surface area contributed by atoms with Crippen molar-refractivity contribution in [2.75, 3.05) is 25.5 Å². The van der Waals surface area contributed by atoms with Crippen LogP contribution < -0.4 is 10.1 Å². The van der Waals surface area contributed by atoms with Crippen LogP contribution in [0.4, 0.5) is 18.9 Å². The second-order valence-corrected chi connectivity index (χ2v) is 7.94. The number of alkyl halides is 3. The quantitative estimate of drug-likeness (QED) is 0.486. The number of amides is 1. The molecule has 12 heteroatoms. The van der Waals surface area contributed by atoms with Crippen molar-refractivity contribution in [1.29, 1.82) is 0 Å². The number of aromatic nitrogens is 2. The van der Waals surface area contributed by atoms with Crippen molar-refractivity contribution in [2.45, 2.75) is 25.1 Å². The molecule has 0 spiro atoms. The fourth-order valence-electron chi connectivity index (χ4n) is 3.54. The summed E-state index contributed by atoms with van der Waals surface area (Å²) in [5.41, 5.74) is 2.43. The van der Waals surface area contributed by atoms with Gasteiger partial charge in [0, 0.05) is 47.6 Å². The Bertz CT molecular complexity index is 1150. The standard InChI is InChI=1S/C20H21ClN4O2.C2HF3O2/c1-27-19-11-13(21)10-17-16(19)12-18(24-17)20(26)25-8-4-15(5-9-25)23-14-2-6-22-7-3-14;3-2(4,5)1(6)7/h2-3,6-7,10-12,15,24H,4-5,8-9H2,1H3,(H,22,23);(H,6,7). The molecule has 2 aromatic heterocycles. The van der Waals surface area contributed by atoms with Gasteiger partial charge in [-0.25, -0.2) is 4.79 Å². The van der Waals surface area contributed by atoms with Crippen molar-refractivity contribution in [2.24, 2.45) is 0 Å². The van der Waals surface area contributed by atoms with Crippen LogP contribution in [-0.4, -0.2) is 64.3 Å². The van der Waals surface area contributed by atoms with Crippen molar-refractivity contribution >= 4 is 40.1 Å². The lowest BCUT2D eigenvalue weighted by Gasteiger charge is -2.32. The summed E-state index contributed by atoms with van der Waals surface area (Å²) in [6, 6.07) is 9.68. The second kappa shape index (κ2) is 10.6. The molecule has 1 fully saturated rings. The van der Waals surface area contributed by atoms with Crippen LogP contribution in [-0.2, 0) is 4.79 Å². The smallest absolute Gasteiger partial charge is 0.490 e. The van der Waals surface area contributed by atoms with E-state index in [1.165, 1.54) is 0 Å². The van der Waals surface area contributed by atoms with Gasteiger partial charge in [-0.05, 0) is 43.2 Å².